The highest BCUT2D eigenvalue weighted by atomic mass is 32.1. The molecule has 154 valence electrons. The lowest BCUT2D eigenvalue weighted by atomic mass is 9.97. The van der Waals surface area contributed by atoms with Crippen molar-refractivity contribution in [2.45, 2.75) is 32.9 Å². The van der Waals surface area contributed by atoms with Gasteiger partial charge in [0.15, 0.2) is 11.5 Å². The predicted molar refractivity (Wildman–Crippen MR) is 113 cm³/mol. The number of methoxy groups -OCH3 is 1. The molecule has 0 N–H and O–H groups in total. The Kier molecular flexibility index (Phi) is 6.41. The largest absolute Gasteiger partial charge is 0.493 e. The van der Waals surface area contributed by atoms with E-state index in [2.05, 4.69) is 32.4 Å². The first-order valence-electron chi connectivity index (χ1n) is 10.1. The molecule has 2 aromatic heterocycles. The van der Waals surface area contributed by atoms with E-state index >= 15 is 0 Å². The molecule has 0 amide bonds. The van der Waals surface area contributed by atoms with Crippen LogP contribution in [0.4, 0.5) is 0 Å². The summed E-state index contributed by atoms with van der Waals surface area (Å²) < 4.78 is 11.1. The number of aromatic nitrogens is 4. The SMILES string of the molecule is CCOc1ccc(CN2CCC[C@H](Cn3nnc(-c4cccs4)n3)C2)cc1OC. The van der Waals surface area contributed by atoms with E-state index in [0.29, 0.717) is 18.3 Å². The van der Waals surface area contributed by atoms with Gasteiger partial charge in [0, 0.05) is 13.1 Å². The van der Waals surface area contributed by atoms with Crippen molar-refractivity contribution < 1.29 is 9.47 Å². The summed E-state index contributed by atoms with van der Waals surface area (Å²) in [5.74, 6) is 2.84. The zero-order valence-corrected chi connectivity index (χ0v) is 17.8. The molecule has 0 bridgehead atoms. The monoisotopic (exact) mass is 413 g/mol. The van der Waals surface area contributed by atoms with E-state index in [1.165, 1.54) is 18.4 Å². The van der Waals surface area contributed by atoms with E-state index in [1.807, 2.05) is 30.5 Å². The van der Waals surface area contributed by atoms with Gasteiger partial charge in [-0.15, -0.1) is 21.5 Å². The maximum absolute atomic E-state index is 5.62. The highest BCUT2D eigenvalue weighted by Gasteiger charge is 2.22. The lowest BCUT2D eigenvalue weighted by Crippen LogP contribution is -2.36. The van der Waals surface area contributed by atoms with Crippen molar-refractivity contribution in [2.75, 3.05) is 26.8 Å². The third-order valence-electron chi connectivity index (χ3n) is 5.15. The zero-order chi connectivity index (χ0) is 20.1. The van der Waals surface area contributed by atoms with Crippen molar-refractivity contribution in [1.29, 1.82) is 0 Å². The minimum Gasteiger partial charge on any atom is -0.493 e. The molecule has 3 heterocycles. The van der Waals surface area contributed by atoms with Crippen LogP contribution in [0.1, 0.15) is 25.3 Å². The van der Waals surface area contributed by atoms with Crippen LogP contribution >= 0.6 is 11.3 Å². The van der Waals surface area contributed by atoms with Crippen molar-refractivity contribution in [3.8, 4) is 22.2 Å². The molecule has 1 aromatic carbocycles. The molecule has 1 atom stereocenters. The smallest absolute Gasteiger partial charge is 0.214 e. The van der Waals surface area contributed by atoms with Gasteiger partial charge in [-0.25, -0.2) is 0 Å². The lowest BCUT2D eigenvalue weighted by molar-refractivity contribution is 0.149. The summed E-state index contributed by atoms with van der Waals surface area (Å²) >= 11 is 1.64. The maximum Gasteiger partial charge on any atom is 0.214 e. The van der Waals surface area contributed by atoms with E-state index < -0.39 is 0 Å². The van der Waals surface area contributed by atoms with Crippen molar-refractivity contribution in [3.63, 3.8) is 0 Å². The fourth-order valence-electron chi connectivity index (χ4n) is 3.84. The Balaban J connectivity index is 1.36. The quantitative estimate of drug-likeness (QED) is 0.561. The van der Waals surface area contributed by atoms with Crippen LogP contribution in [0.25, 0.3) is 10.7 Å². The summed E-state index contributed by atoms with van der Waals surface area (Å²) in [6, 6.07) is 10.3. The van der Waals surface area contributed by atoms with Crippen LogP contribution in [0.2, 0.25) is 0 Å². The standard InChI is InChI=1S/C21H27N5O2S/c1-3-28-18-9-8-16(12-19(18)27-2)13-25-10-4-6-17(14-25)15-26-23-21(22-24-26)20-7-5-11-29-20/h5,7-9,11-12,17H,3-4,6,10,13-15H2,1-2H3/t17-/m0/s1. The van der Waals surface area contributed by atoms with E-state index in [4.69, 9.17) is 9.47 Å². The van der Waals surface area contributed by atoms with Crippen molar-refractivity contribution in [1.82, 2.24) is 25.1 Å². The third kappa shape index (κ3) is 4.94. The molecular formula is C21H27N5O2S. The topological polar surface area (TPSA) is 65.3 Å². The van der Waals surface area contributed by atoms with Crippen molar-refractivity contribution >= 4 is 11.3 Å². The molecule has 1 saturated heterocycles. The van der Waals surface area contributed by atoms with Gasteiger partial charge in [0.1, 0.15) is 0 Å². The van der Waals surface area contributed by atoms with Gasteiger partial charge in [-0.2, -0.15) is 4.80 Å². The number of benzene rings is 1. The second-order valence-corrected chi connectivity index (χ2v) is 8.25. The summed E-state index contributed by atoms with van der Waals surface area (Å²) in [5, 5.41) is 15.1. The van der Waals surface area contributed by atoms with Crippen LogP contribution in [0, 0.1) is 5.92 Å². The Morgan fingerprint density at radius 3 is 2.97 bits per heavy atom. The number of tetrazole rings is 1. The molecule has 7 nitrogen and oxygen atoms in total. The molecule has 4 rings (SSSR count). The maximum atomic E-state index is 5.62. The average molecular weight is 414 g/mol. The summed E-state index contributed by atoms with van der Waals surface area (Å²) in [5.41, 5.74) is 1.24. The van der Waals surface area contributed by atoms with E-state index in [0.717, 1.165) is 42.6 Å². The number of thiophene rings is 1. The molecule has 0 aliphatic carbocycles. The summed E-state index contributed by atoms with van der Waals surface area (Å²) in [6.07, 6.45) is 2.38. The van der Waals surface area contributed by atoms with Crippen molar-refractivity contribution in [2.24, 2.45) is 5.92 Å². The summed E-state index contributed by atoms with van der Waals surface area (Å²) in [6.45, 7) is 6.47. The molecule has 29 heavy (non-hydrogen) atoms. The fraction of sp³-hybridized carbons (Fsp3) is 0.476. The highest BCUT2D eigenvalue weighted by molar-refractivity contribution is 7.13. The van der Waals surface area contributed by atoms with Crippen LogP contribution in [0.3, 0.4) is 0 Å². The number of hydrogen-bond acceptors (Lipinski definition) is 7. The second-order valence-electron chi connectivity index (χ2n) is 7.31. The van der Waals surface area contributed by atoms with Crippen LogP contribution in [0.15, 0.2) is 35.7 Å². The first-order valence-corrected chi connectivity index (χ1v) is 11.0. The Morgan fingerprint density at radius 1 is 1.24 bits per heavy atom. The molecule has 8 heteroatoms. The third-order valence-corrected chi connectivity index (χ3v) is 6.02. The summed E-state index contributed by atoms with van der Waals surface area (Å²) in [4.78, 5) is 5.31. The lowest BCUT2D eigenvalue weighted by Gasteiger charge is -2.32. The highest BCUT2D eigenvalue weighted by Crippen LogP contribution is 2.29. The van der Waals surface area contributed by atoms with Crippen molar-refractivity contribution in [3.05, 3.63) is 41.3 Å². The molecule has 0 saturated carbocycles. The number of nitrogens with zero attached hydrogens (tertiary/aromatic N) is 5. The molecule has 0 spiro atoms. The van der Waals surface area contributed by atoms with Crippen LogP contribution in [-0.4, -0.2) is 51.9 Å². The molecule has 1 fully saturated rings. The van der Waals surface area contributed by atoms with Gasteiger partial charge in [-0.3, -0.25) is 4.90 Å². The Labute approximate surface area is 175 Å². The molecule has 1 aliphatic rings. The normalized spacial score (nSPS) is 17.4. The number of hydrogen-bond donors (Lipinski definition) is 0. The van der Waals surface area contributed by atoms with Gasteiger partial charge in [-0.1, -0.05) is 12.1 Å². The van der Waals surface area contributed by atoms with Gasteiger partial charge < -0.3 is 9.47 Å². The number of ether oxygens (including phenoxy) is 2. The number of likely N-dealkylation sites (tertiary alicyclic amines) is 1. The predicted octanol–water partition coefficient (Wildman–Crippen LogP) is 3.72. The minimum atomic E-state index is 0.527. The fourth-order valence-corrected chi connectivity index (χ4v) is 4.49. The van der Waals surface area contributed by atoms with Gasteiger partial charge in [0.2, 0.25) is 5.82 Å². The first kappa shape index (κ1) is 19.8. The molecule has 0 radical (unpaired) electrons. The first-order chi connectivity index (χ1) is 14.2. The van der Waals surface area contributed by atoms with Gasteiger partial charge in [-0.05, 0) is 66.6 Å². The molecule has 1 aliphatic heterocycles. The van der Waals surface area contributed by atoms with Gasteiger partial charge in [0.25, 0.3) is 0 Å². The van der Waals surface area contributed by atoms with Crippen LogP contribution in [-0.2, 0) is 13.1 Å². The Hall–Kier alpha value is -2.45. The molecule has 3 aromatic rings. The Bertz CT molecular complexity index is 912. The summed E-state index contributed by atoms with van der Waals surface area (Å²) in [7, 11) is 1.69. The van der Waals surface area contributed by atoms with Gasteiger partial charge in [0.05, 0.1) is 25.1 Å². The average Bonchev–Trinajstić information content (AvgIpc) is 3.41. The van der Waals surface area contributed by atoms with E-state index in [1.54, 1.807) is 23.2 Å². The van der Waals surface area contributed by atoms with Crippen LogP contribution in [0.5, 0.6) is 11.5 Å². The van der Waals surface area contributed by atoms with E-state index in [9.17, 15) is 0 Å². The minimum absolute atomic E-state index is 0.527. The molecule has 0 unspecified atom stereocenters. The van der Waals surface area contributed by atoms with Crippen LogP contribution < -0.4 is 9.47 Å². The zero-order valence-electron chi connectivity index (χ0n) is 17.0. The van der Waals surface area contributed by atoms with Gasteiger partial charge >= 0.3 is 0 Å². The Morgan fingerprint density at radius 2 is 2.17 bits per heavy atom. The number of rotatable bonds is 8. The van der Waals surface area contributed by atoms with E-state index in [-0.39, 0.29) is 0 Å². The molecular weight excluding hydrogens is 386 g/mol. The number of piperidine rings is 1. The second kappa shape index (κ2) is 9.37.